The second kappa shape index (κ2) is 6.88. The van der Waals surface area contributed by atoms with Gasteiger partial charge in [0, 0.05) is 19.3 Å². The molecule has 3 rings (SSSR count). The molecule has 3 heterocycles. The van der Waals surface area contributed by atoms with Gasteiger partial charge in [-0.15, -0.1) is 6.58 Å². The standard InChI is InChI=1S/C16H21N5O3/c1-3-6-17-15(22)14-5-7-20(18-14)12-9-13-11-19(10-12)16(23)21(13)24-8-4-2/h4-5,7,9,13H,2-3,6,8,10-11H2,1H3,(H,17,22). The average molecular weight is 331 g/mol. The Balaban J connectivity index is 1.74. The molecule has 1 unspecified atom stereocenters. The van der Waals surface area contributed by atoms with Crippen molar-refractivity contribution in [2.24, 2.45) is 0 Å². The highest BCUT2D eigenvalue weighted by molar-refractivity contribution is 5.92. The van der Waals surface area contributed by atoms with Gasteiger partial charge in [-0.05, 0) is 18.6 Å². The number of nitrogens with one attached hydrogen (secondary N) is 1. The van der Waals surface area contributed by atoms with Crippen LogP contribution < -0.4 is 5.32 Å². The van der Waals surface area contributed by atoms with Crippen molar-refractivity contribution in [2.45, 2.75) is 19.4 Å². The molecule has 3 amide bonds. The summed E-state index contributed by atoms with van der Waals surface area (Å²) in [5, 5.41) is 8.48. The molecule has 0 aliphatic carbocycles. The topological polar surface area (TPSA) is 79.7 Å². The van der Waals surface area contributed by atoms with Gasteiger partial charge in [-0.2, -0.15) is 10.2 Å². The summed E-state index contributed by atoms with van der Waals surface area (Å²) >= 11 is 0. The van der Waals surface area contributed by atoms with E-state index in [1.165, 1.54) is 5.06 Å². The summed E-state index contributed by atoms with van der Waals surface area (Å²) in [7, 11) is 0. The Morgan fingerprint density at radius 1 is 1.58 bits per heavy atom. The molecule has 2 aliphatic heterocycles. The van der Waals surface area contributed by atoms with E-state index < -0.39 is 0 Å². The van der Waals surface area contributed by atoms with Gasteiger partial charge in [-0.3, -0.25) is 9.63 Å². The van der Waals surface area contributed by atoms with Crippen LogP contribution in [0.25, 0.3) is 5.70 Å². The maximum Gasteiger partial charge on any atom is 0.345 e. The van der Waals surface area contributed by atoms with Crippen LogP contribution in [0.1, 0.15) is 23.8 Å². The van der Waals surface area contributed by atoms with Crippen molar-refractivity contribution in [3.05, 3.63) is 36.7 Å². The molecule has 8 heteroatoms. The number of nitrogens with zero attached hydrogens (tertiary/aromatic N) is 4. The predicted octanol–water partition coefficient (Wildman–Crippen LogP) is 1.10. The second-order valence-electron chi connectivity index (χ2n) is 5.70. The minimum Gasteiger partial charge on any atom is -0.351 e. The molecule has 1 aromatic heterocycles. The van der Waals surface area contributed by atoms with E-state index in [1.807, 2.05) is 13.0 Å². The highest BCUT2D eigenvalue weighted by Gasteiger charge is 2.41. The zero-order valence-electron chi connectivity index (χ0n) is 13.6. The minimum atomic E-state index is -0.192. The number of carbonyl (C=O) groups is 2. The quantitative estimate of drug-likeness (QED) is 0.759. The first-order chi connectivity index (χ1) is 11.6. The zero-order chi connectivity index (χ0) is 17.1. The molecule has 2 bridgehead atoms. The van der Waals surface area contributed by atoms with Crippen molar-refractivity contribution < 1.29 is 14.4 Å². The molecular formula is C16H21N5O3. The maximum atomic E-state index is 12.3. The molecule has 8 nitrogen and oxygen atoms in total. The van der Waals surface area contributed by atoms with Crippen LogP contribution in [-0.4, -0.2) is 64.0 Å². The summed E-state index contributed by atoms with van der Waals surface area (Å²) in [6.45, 7) is 7.50. The molecule has 2 aliphatic rings. The number of carbonyl (C=O) groups excluding carboxylic acids is 2. The van der Waals surface area contributed by atoms with Crippen molar-refractivity contribution in [3.63, 3.8) is 0 Å². The van der Waals surface area contributed by atoms with Gasteiger partial charge >= 0.3 is 6.03 Å². The van der Waals surface area contributed by atoms with Gasteiger partial charge in [0.25, 0.3) is 5.91 Å². The van der Waals surface area contributed by atoms with Crippen LogP contribution in [0.15, 0.2) is 31.0 Å². The smallest absolute Gasteiger partial charge is 0.345 e. The van der Waals surface area contributed by atoms with E-state index in [4.69, 9.17) is 4.84 Å². The fourth-order valence-electron chi connectivity index (χ4n) is 2.75. The summed E-state index contributed by atoms with van der Waals surface area (Å²) < 4.78 is 1.64. The third kappa shape index (κ3) is 3.05. The molecule has 0 saturated carbocycles. The summed E-state index contributed by atoms with van der Waals surface area (Å²) in [5.41, 5.74) is 1.21. The van der Waals surface area contributed by atoms with Gasteiger partial charge in [0.2, 0.25) is 0 Å². The molecule has 24 heavy (non-hydrogen) atoms. The average Bonchev–Trinajstić information content (AvgIpc) is 3.16. The van der Waals surface area contributed by atoms with E-state index in [0.29, 0.717) is 25.3 Å². The highest BCUT2D eigenvalue weighted by atomic mass is 16.7. The molecule has 128 valence electrons. The van der Waals surface area contributed by atoms with Gasteiger partial charge in [0.15, 0.2) is 5.69 Å². The van der Waals surface area contributed by atoms with Crippen LogP contribution in [0.2, 0.25) is 0 Å². The summed E-state index contributed by atoms with van der Waals surface area (Å²) in [4.78, 5) is 31.4. The second-order valence-corrected chi connectivity index (χ2v) is 5.70. The van der Waals surface area contributed by atoms with E-state index in [0.717, 1.165) is 12.1 Å². The lowest BCUT2D eigenvalue weighted by molar-refractivity contribution is -0.107. The van der Waals surface area contributed by atoms with Crippen molar-refractivity contribution in [2.75, 3.05) is 26.2 Å². The number of hydrogen-bond donors (Lipinski definition) is 1. The molecule has 0 aromatic carbocycles. The number of amides is 3. The third-order valence-electron chi connectivity index (χ3n) is 3.89. The molecule has 1 atom stereocenters. The van der Waals surface area contributed by atoms with E-state index in [1.54, 1.807) is 27.9 Å². The molecule has 1 fully saturated rings. The van der Waals surface area contributed by atoms with Crippen LogP contribution >= 0.6 is 0 Å². The Kier molecular flexibility index (Phi) is 4.66. The fourth-order valence-corrected chi connectivity index (χ4v) is 2.75. The molecular weight excluding hydrogens is 310 g/mol. The van der Waals surface area contributed by atoms with Crippen LogP contribution in [0, 0.1) is 0 Å². The minimum absolute atomic E-state index is 0.164. The van der Waals surface area contributed by atoms with Gasteiger partial charge < -0.3 is 10.2 Å². The summed E-state index contributed by atoms with van der Waals surface area (Å²) in [6, 6.07) is 1.34. The Hall–Kier alpha value is -2.61. The van der Waals surface area contributed by atoms with Crippen molar-refractivity contribution >= 4 is 17.6 Å². The first-order valence-corrected chi connectivity index (χ1v) is 8.01. The van der Waals surface area contributed by atoms with Gasteiger partial charge in [-0.1, -0.05) is 13.0 Å². The molecule has 0 spiro atoms. The Morgan fingerprint density at radius 2 is 2.42 bits per heavy atom. The van der Waals surface area contributed by atoms with Gasteiger partial charge in [0.05, 0.1) is 24.9 Å². The molecule has 1 N–H and O–H groups in total. The Bertz CT molecular complexity index is 681. The molecule has 1 aromatic rings. The van der Waals surface area contributed by atoms with E-state index in [-0.39, 0.29) is 24.6 Å². The normalized spacial score (nSPS) is 19.5. The first-order valence-electron chi connectivity index (χ1n) is 8.01. The van der Waals surface area contributed by atoms with E-state index in [2.05, 4.69) is 17.0 Å². The first kappa shape index (κ1) is 16.3. The number of hydroxylamine groups is 2. The Morgan fingerprint density at radius 3 is 3.17 bits per heavy atom. The summed E-state index contributed by atoms with van der Waals surface area (Å²) in [6.07, 6.45) is 6.16. The number of hydrogen-bond acceptors (Lipinski definition) is 4. The zero-order valence-corrected chi connectivity index (χ0v) is 13.6. The number of rotatable bonds is 7. The monoisotopic (exact) mass is 331 g/mol. The lowest BCUT2D eigenvalue weighted by atomic mass is 10.2. The lowest BCUT2D eigenvalue weighted by Crippen LogP contribution is -2.33. The van der Waals surface area contributed by atoms with Crippen LogP contribution in [0.4, 0.5) is 4.79 Å². The fraction of sp³-hybridized carbons (Fsp3) is 0.438. The number of urea groups is 1. The molecule has 0 radical (unpaired) electrons. The maximum absolute atomic E-state index is 12.3. The summed E-state index contributed by atoms with van der Waals surface area (Å²) in [5.74, 6) is -0.192. The lowest BCUT2D eigenvalue weighted by Gasteiger charge is -2.21. The molecule has 1 saturated heterocycles. The van der Waals surface area contributed by atoms with Gasteiger partial charge in [0.1, 0.15) is 0 Å². The van der Waals surface area contributed by atoms with Crippen LogP contribution in [0.3, 0.4) is 0 Å². The van der Waals surface area contributed by atoms with E-state index >= 15 is 0 Å². The van der Waals surface area contributed by atoms with Gasteiger partial charge in [-0.25, -0.2) is 9.48 Å². The van der Waals surface area contributed by atoms with Crippen LogP contribution in [0.5, 0.6) is 0 Å². The highest BCUT2D eigenvalue weighted by Crippen LogP contribution is 2.26. The third-order valence-corrected chi connectivity index (χ3v) is 3.89. The largest absolute Gasteiger partial charge is 0.351 e. The SMILES string of the molecule is C=CCON1C(=O)N2CC(n3ccc(C(=O)NCCC)n3)=CC1C2. The van der Waals surface area contributed by atoms with Crippen molar-refractivity contribution in [1.82, 2.24) is 25.1 Å². The predicted molar refractivity (Wildman–Crippen MR) is 87.9 cm³/mol. The Labute approximate surface area is 140 Å². The van der Waals surface area contributed by atoms with Crippen LogP contribution in [-0.2, 0) is 4.84 Å². The van der Waals surface area contributed by atoms with Crippen molar-refractivity contribution in [1.29, 1.82) is 0 Å². The number of aromatic nitrogens is 2. The van der Waals surface area contributed by atoms with Crippen molar-refractivity contribution in [3.8, 4) is 0 Å². The number of fused-ring (bicyclic) bond motifs is 2. The van der Waals surface area contributed by atoms with E-state index in [9.17, 15) is 9.59 Å².